The van der Waals surface area contributed by atoms with E-state index in [1.165, 1.54) is 0 Å². The second kappa shape index (κ2) is 4.63. The Labute approximate surface area is 118 Å². The molecule has 0 atom stereocenters. The first-order chi connectivity index (χ1) is 9.15. The highest BCUT2D eigenvalue weighted by Gasteiger charge is 2.18. The van der Waals surface area contributed by atoms with Gasteiger partial charge in [0.15, 0.2) is 5.76 Å². The van der Waals surface area contributed by atoms with Crippen molar-refractivity contribution >= 4 is 32.7 Å². The van der Waals surface area contributed by atoms with Crippen LogP contribution in [0, 0.1) is 6.92 Å². The molecular weight excluding hydrogens is 306 g/mol. The maximum atomic E-state index is 12.3. The molecule has 2 aromatic heterocycles. The van der Waals surface area contributed by atoms with E-state index in [0.717, 1.165) is 10.9 Å². The molecule has 0 spiro atoms. The molecule has 94 valence electrons. The van der Waals surface area contributed by atoms with Crippen LogP contribution in [0.5, 0.6) is 0 Å². The fourth-order valence-corrected chi connectivity index (χ4v) is 2.38. The Kier molecular flexibility index (Phi) is 2.95. The molecule has 0 N–H and O–H groups in total. The van der Waals surface area contributed by atoms with Crippen LogP contribution in [0.3, 0.4) is 0 Å². The summed E-state index contributed by atoms with van der Waals surface area (Å²) in [5.74, 6) is 0.0846. The minimum Gasteiger partial charge on any atom is -0.453 e. The Morgan fingerprint density at radius 1 is 1.26 bits per heavy atom. The van der Waals surface area contributed by atoms with Crippen LogP contribution >= 0.6 is 15.9 Å². The molecule has 3 nitrogen and oxygen atoms in total. The minimum absolute atomic E-state index is 0.221. The standard InChI is InChI=1S/C15H10BrNO2/c1-9-4-5-12-10(7-9)8-13(19-12)15(18)14-11(16)3-2-6-17-14/h2-8H,1H3. The number of hydrogen-bond donors (Lipinski definition) is 0. The van der Waals surface area contributed by atoms with Gasteiger partial charge >= 0.3 is 0 Å². The number of aryl methyl sites for hydroxylation is 1. The van der Waals surface area contributed by atoms with Crippen LogP contribution in [0.1, 0.15) is 21.8 Å². The maximum absolute atomic E-state index is 12.3. The van der Waals surface area contributed by atoms with Crippen LogP contribution in [-0.4, -0.2) is 10.8 Å². The molecule has 0 aliphatic rings. The zero-order valence-corrected chi connectivity index (χ0v) is 11.8. The van der Waals surface area contributed by atoms with Gasteiger partial charge in [-0.25, -0.2) is 0 Å². The van der Waals surface area contributed by atoms with Crippen molar-refractivity contribution < 1.29 is 9.21 Å². The topological polar surface area (TPSA) is 43.1 Å². The molecule has 4 heteroatoms. The highest BCUT2D eigenvalue weighted by molar-refractivity contribution is 9.10. The fraction of sp³-hybridized carbons (Fsp3) is 0.0667. The van der Waals surface area contributed by atoms with Gasteiger partial charge in [0.25, 0.3) is 0 Å². The van der Waals surface area contributed by atoms with Crippen LogP contribution in [0.25, 0.3) is 11.0 Å². The van der Waals surface area contributed by atoms with E-state index >= 15 is 0 Å². The van der Waals surface area contributed by atoms with Gasteiger partial charge in [-0.1, -0.05) is 11.6 Å². The number of hydrogen-bond acceptors (Lipinski definition) is 3. The lowest BCUT2D eigenvalue weighted by Crippen LogP contribution is -2.03. The summed E-state index contributed by atoms with van der Waals surface area (Å²) in [7, 11) is 0. The van der Waals surface area contributed by atoms with Crippen LogP contribution < -0.4 is 0 Å². The highest BCUT2D eigenvalue weighted by atomic mass is 79.9. The second-order valence-electron chi connectivity index (χ2n) is 4.31. The van der Waals surface area contributed by atoms with E-state index in [1.54, 1.807) is 24.4 Å². The average molecular weight is 316 g/mol. The smallest absolute Gasteiger partial charge is 0.247 e. The predicted molar refractivity (Wildman–Crippen MR) is 76.3 cm³/mol. The van der Waals surface area contributed by atoms with Gasteiger partial charge in [-0.05, 0) is 53.2 Å². The number of fused-ring (bicyclic) bond motifs is 1. The molecule has 0 radical (unpaired) electrons. The van der Waals surface area contributed by atoms with Crippen LogP contribution in [0.2, 0.25) is 0 Å². The van der Waals surface area contributed by atoms with E-state index in [9.17, 15) is 4.79 Å². The van der Waals surface area contributed by atoms with E-state index in [0.29, 0.717) is 21.5 Å². The molecule has 19 heavy (non-hydrogen) atoms. The summed E-state index contributed by atoms with van der Waals surface area (Å²) in [6.07, 6.45) is 1.59. The maximum Gasteiger partial charge on any atom is 0.247 e. The number of nitrogens with zero attached hydrogens (tertiary/aromatic N) is 1. The van der Waals surface area contributed by atoms with E-state index < -0.39 is 0 Å². The predicted octanol–water partition coefficient (Wildman–Crippen LogP) is 4.13. The zero-order chi connectivity index (χ0) is 13.4. The van der Waals surface area contributed by atoms with E-state index in [1.807, 2.05) is 25.1 Å². The summed E-state index contributed by atoms with van der Waals surface area (Å²) < 4.78 is 6.25. The summed E-state index contributed by atoms with van der Waals surface area (Å²) in [5.41, 5.74) is 2.20. The number of aromatic nitrogens is 1. The summed E-state index contributed by atoms with van der Waals surface area (Å²) in [4.78, 5) is 16.4. The third-order valence-corrected chi connectivity index (χ3v) is 3.51. The lowest BCUT2D eigenvalue weighted by atomic mass is 10.1. The number of carbonyl (C=O) groups excluding carboxylic acids is 1. The van der Waals surface area contributed by atoms with Crippen molar-refractivity contribution in [1.82, 2.24) is 4.98 Å². The molecule has 0 amide bonds. The first-order valence-electron chi connectivity index (χ1n) is 5.80. The van der Waals surface area contributed by atoms with Crippen molar-refractivity contribution in [2.24, 2.45) is 0 Å². The SMILES string of the molecule is Cc1ccc2oc(C(=O)c3ncccc3Br)cc2c1. The van der Waals surface area contributed by atoms with Gasteiger partial charge in [0.1, 0.15) is 11.3 Å². The van der Waals surface area contributed by atoms with Gasteiger partial charge < -0.3 is 4.42 Å². The van der Waals surface area contributed by atoms with Crippen LogP contribution in [0.4, 0.5) is 0 Å². The minimum atomic E-state index is -0.221. The first-order valence-corrected chi connectivity index (χ1v) is 6.60. The Hall–Kier alpha value is -1.94. The van der Waals surface area contributed by atoms with Gasteiger partial charge in [-0.15, -0.1) is 0 Å². The Morgan fingerprint density at radius 3 is 2.89 bits per heavy atom. The number of carbonyl (C=O) groups is 1. The molecule has 0 aliphatic heterocycles. The molecule has 0 fully saturated rings. The lowest BCUT2D eigenvalue weighted by molar-refractivity contribution is 0.101. The van der Waals surface area contributed by atoms with Gasteiger partial charge in [-0.3, -0.25) is 9.78 Å². The van der Waals surface area contributed by atoms with Crippen molar-refractivity contribution in [1.29, 1.82) is 0 Å². The van der Waals surface area contributed by atoms with Gasteiger partial charge in [0.05, 0.1) is 0 Å². The Balaban J connectivity index is 2.09. The van der Waals surface area contributed by atoms with Gasteiger partial charge in [-0.2, -0.15) is 0 Å². The van der Waals surface area contributed by atoms with E-state index in [4.69, 9.17) is 4.42 Å². The monoisotopic (exact) mass is 315 g/mol. The normalized spacial score (nSPS) is 10.8. The molecule has 0 unspecified atom stereocenters. The molecule has 0 saturated carbocycles. The summed E-state index contributed by atoms with van der Waals surface area (Å²) in [5, 5.41) is 0.926. The highest BCUT2D eigenvalue weighted by Crippen LogP contribution is 2.24. The number of benzene rings is 1. The van der Waals surface area contributed by atoms with Crippen molar-refractivity contribution in [2.45, 2.75) is 6.92 Å². The summed E-state index contributed by atoms with van der Waals surface area (Å²) >= 11 is 3.32. The second-order valence-corrected chi connectivity index (χ2v) is 5.17. The average Bonchev–Trinajstić information content (AvgIpc) is 2.81. The molecule has 3 rings (SSSR count). The van der Waals surface area contributed by atoms with Crippen LogP contribution in [-0.2, 0) is 0 Å². The zero-order valence-electron chi connectivity index (χ0n) is 10.2. The van der Waals surface area contributed by atoms with Crippen molar-refractivity contribution in [3.63, 3.8) is 0 Å². The third kappa shape index (κ3) is 2.19. The first kappa shape index (κ1) is 12.1. The van der Waals surface area contributed by atoms with Crippen LogP contribution in [0.15, 0.2) is 51.5 Å². The number of rotatable bonds is 2. The van der Waals surface area contributed by atoms with Crippen molar-refractivity contribution in [2.75, 3.05) is 0 Å². The number of pyridine rings is 1. The van der Waals surface area contributed by atoms with Crippen molar-refractivity contribution in [3.05, 3.63) is 64.1 Å². The molecule has 0 aliphatic carbocycles. The van der Waals surface area contributed by atoms with Gasteiger partial charge in [0.2, 0.25) is 5.78 Å². The number of ketones is 1. The van der Waals surface area contributed by atoms with Crippen molar-refractivity contribution in [3.8, 4) is 0 Å². The quantitative estimate of drug-likeness (QED) is 0.668. The molecule has 2 heterocycles. The molecule has 3 aromatic rings. The molecule has 0 bridgehead atoms. The third-order valence-electron chi connectivity index (χ3n) is 2.87. The fourth-order valence-electron chi connectivity index (χ4n) is 1.94. The number of halogens is 1. The Morgan fingerprint density at radius 2 is 2.11 bits per heavy atom. The summed E-state index contributed by atoms with van der Waals surface area (Å²) in [6.45, 7) is 2.00. The van der Waals surface area contributed by atoms with Gasteiger partial charge in [0, 0.05) is 16.1 Å². The molecular formula is C15H10BrNO2. The number of furan rings is 1. The lowest BCUT2D eigenvalue weighted by Gasteiger charge is -1.98. The van der Waals surface area contributed by atoms with E-state index in [-0.39, 0.29) is 5.78 Å². The molecule has 1 aromatic carbocycles. The van der Waals surface area contributed by atoms with E-state index in [2.05, 4.69) is 20.9 Å². The molecule has 0 saturated heterocycles. The largest absolute Gasteiger partial charge is 0.453 e. The Bertz CT molecular complexity index is 777. The summed E-state index contributed by atoms with van der Waals surface area (Å²) in [6, 6.07) is 11.1.